The second kappa shape index (κ2) is 8.93. The minimum absolute atomic E-state index is 0.102. The monoisotopic (exact) mass is 449 g/mol. The lowest BCUT2D eigenvalue weighted by Crippen LogP contribution is -2.39. The Hall–Kier alpha value is -2.43. The third kappa shape index (κ3) is 4.44. The van der Waals surface area contributed by atoms with Crippen molar-refractivity contribution in [1.29, 1.82) is 0 Å². The Bertz CT molecular complexity index is 964. The molecule has 0 aromatic heterocycles. The van der Waals surface area contributed by atoms with E-state index in [1.54, 1.807) is 0 Å². The Kier molecular flexibility index (Phi) is 6.12. The van der Waals surface area contributed by atoms with E-state index in [0.29, 0.717) is 12.8 Å². The zero-order valence-electron chi connectivity index (χ0n) is 16.2. The number of aliphatic carboxylic acids is 1. The average Bonchev–Trinajstić information content (AvgIpc) is 2.77. The molecule has 1 fully saturated rings. The Balaban J connectivity index is 1.66. The molecule has 1 atom stereocenters. The van der Waals surface area contributed by atoms with Crippen molar-refractivity contribution < 1.29 is 9.90 Å². The predicted molar refractivity (Wildman–Crippen MR) is 120 cm³/mol. The smallest absolute Gasteiger partial charge is 0.306 e. The summed E-state index contributed by atoms with van der Waals surface area (Å²) in [6.45, 7) is 1.56. The summed E-state index contributed by atoms with van der Waals surface area (Å²) in [4.78, 5) is 13.8. The van der Waals surface area contributed by atoms with E-state index in [1.807, 2.05) is 12.1 Å². The van der Waals surface area contributed by atoms with Crippen molar-refractivity contribution in [2.24, 2.45) is 5.92 Å². The molecule has 1 unspecified atom stereocenters. The molecule has 29 heavy (non-hydrogen) atoms. The van der Waals surface area contributed by atoms with Crippen molar-refractivity contribution in [1.82, 2.24) is 4.90 Å². The highest BCUT2D eigenvalue weighted by molar-refractivity contribution is 9.10. The van der Waals surface area contributed by atoms with Crippen LogP contribution in [0.3, 0.4) is 0 Å². The van der Waals surface area contributed by atoms with Crippen molar-refractivity contribution in [3.05, 3.63) is 94.5 Å². The van der Waals surface area contributed by atoms with Gasteiger partial charge in [0.05, 0.1) is 12.0 Å². The number of carbonyl (C=O) groups is 1. The fourth-order valence-electron chi connectivity index (χ4n) is 4.18. The first-order chi connectivity index (χ1) is 14.1. The van der Waals surface area contributed by atoms with E-state index in [-0.39, 0.29) is 12.0 Å². The second-order valence-corrected chi connectivity index (χ2v) is 8.41. The molecule has 1 heterocycles. The molecule has 1 saturated heterocycles. The molecule has 4 rings (SSSR count). The van der Waals surface area contributed by atoms with Crippen molar-refractivity contribution >= 4 is 21.9 Å². The van der Waals surface area contributed by atoms with Gasteiger partial charge in [-0.1, -0.05) is 88.7 Å². The third-order valence-electron chi connectivity index (χ3n) is 5.78. The number of piperidine rings is 1. The number of benzene rings is 3. The van der Waals surface area contributed by atoms with E-state index in [0.717, 1.165) is 17.6 Å². The van der Waals surface area contributed by atoms with Gasteiger partial charge in [0.15, 0.2) is 0 Å². The number of halogens is 1. The van der Waals surface area contributed by atoms with Gasteiger partial charge in [-0.05, 0) is 54.3 Å². The molecule has 0 amide bonds. The van der Waals surface area contributed by atoms with E-state index in [1.165, 1.54) is 22.3 Å². The molecule has 0 spiro atoms. The topological polar surface area (TPSA) is 40.5 Å². The summed E-state index contributed by atoms with van der Waals surface area (Å²) in [5, 5.41) is 9.35. The highest BCUT2D eigenvalue weighted by Gasteiger charge is 2.30. The van der Waals surface area contributed by atoms with Crippen LogP contribution in [0.25, 0.3) is 11.1 Å². The fourth-order valence-corrected chi connectivity index (χ4v) is 4.68. The molecule has 0 bridgehead atoms. The normalized spacial score (nSPS) is 16.4. The molecule has 3 aromatic rings. The van der Waals surface area contributed by atoms with Crippen LogP contribution in [0, 0.1) is 5.92 Å². The maximum atomic E-state index is 11.4. The van der Waals surface area contributed by atoms with Crippen LogP contribution in [0.15, 0.2) is 83.3 Å². The summed E-state index contributed by atoms with van der Waals surface area (Å²) in [5.74, 6) is -0.902. The molecule has 4 heteroatoms. The quantitative estimate of drug-likeness (QED) is 0.518. The van der Waals surface area contributed by atoms with Gasteiger partial charge in [-0.15, -0.1) is 0 Å². The van der Waals surface area contributed by atoms with E-state index < -0.39 is 5.97 Å². The third-order valence-corrected chi connectivity index (χ3v) is 6.50. The second-order valence-electron chi connectivity index (χ2n) is 7.56. The van der Waals surface area contributed by atoms with Crippen LogP contribution in [0.1, 0.15) is 30.0 Å². The molecule has 148 valence electrons. The van der Waals surface area contributed by atoms with Gasteiger partial charge >= 0.3 is 5.97 Å². The Morgan fingerprint density at radius 1 is 0.862 bits per heavy atom. The van der Waals surface area contributed by atoms with Gasteiger partial charge in [0.25, 0.3) is 0 Å². The molecule has 1 aliphatic rings. The first-order valence-corrected chi connectivity index (χ1v) is 10.8. The fraction of sp³-hybridized carbons (Fsp3) is 0.240. The molecule has 3 nitrogen and oxygen atoms in total. The molecule has 1 aliphatic heterocycles. The SMILES string of the molecule is O=C(O)C1CCN(C(c2ccc(-c3ccccc3)cc2)c2ccccc2Br)CC1. The maximum absolute atomic E-state index is 11.4. The number of rotatable bonds is 5. The van der Waals surface area contributed by atoms with Crippen molar-refractivity contribution in [2.45, 2.75) is 18.9 Å². The van der Waals surface area contributed by atoms with E-state index in [4.69, 9.17) is 0 Å². The highest BCUT2D eigenvalue weighted by atomic mass is 79.9. The van der Waals surface area contributed by atoms with Crippen LogP contribution in [-0.2, 0) is 4.79 Å². The summed E-state index contributed by atoms with van der Waals surface area (Å²) in [7, 11) is 0. The largest absolute Gasteiger partial charge is 0.481 e. The predicted octanol–water partition coefficient (Wildman–Crippen LogP) is 6.00. The standard InChI is InChI=1S/C25H24BrNO2/c26-23-9-5-4-8-22(23)24(27-16-14-21(15-17-27)25(28)29)20-12-10-19(11-13-20)18-6-2-1-3-7-18/h1-13,21,24H,14-17H2,(H,28,29). The van der Waals surface area contributed by atoms with Crippen molar-refractivity contribution in [2.75, 3.05) is 13.1 Å². The summed E-state index contributed by atoms with van der Waals surface area (Å²) in [5.41, 5.74) is 4.85. The van der Waals surface area contributed by atoms with E-state index in [2.05, 4.69) is 87.6 Å². The lowest BCUT2D eigenvalue weighted by molar-refractivity contribution is -0.143. The van der Waals surface area contributed by atoms with Gasteiger partial charge in [-0.25, -0.2) is 0 Å². The first kappa shape index (κ1) is 19.9. The summed E-state index contributed by atoms with van der Waals surface area (Å²) >= 11 is 3.73. The molecular weight excluding hydrogens is 426 g/mol. The Morgan fingerprint density at radius 2 is 1.45 bits per heavy atom. The summed E-state index contributed by atoms with van der Waals surface area (Å²) in [6.07, 6.45) is 1.39. The molecule has 1 N–H and O–H groups in total. The minimum Gasteiger partial charge on any atom is -0.481 e. The molecule has 0 saturated carbocycles. The van der Waals surface area contributed by atoms with Crippen molar-refractivity contribution in [3.63, 3.8) is 0 Å². The number of carboxylic acids is 1. The molecule has 0 aliphatic carbocycles. The zero-order chi connectivity index (χ0) is 20.2. The van der Waals surface area contributed by atoms with Gasteiger partial charge in [0.2, 0.25) is 0 Å². The molecule has 0 radical (unpaired) electrons. The lowest BCUT2D eigenvalue weighted by atomic mass is 9.90. The van der Waals surface area contributed by atoms with Crippen molar-refractivity contribution in [3.8, 4) is 11.1 Å². The maximum Gasteiger partial charge on any atom is 0.306 e. The number of carboxylic acid groups (broad SMARTS) is 1. The number of hydrogen-bond acceptors (Lipinski definition) is 2. The van der Waals surface area contributed by atoms with Gasteiger partial charge in [-0.2, -0.15) is 0 Å². The van der Waals surface area contributed by atoms with Crippen LogP contribution in [0.5, 0.6) is 0 Å². The first-order valence-electron chi connectivity index (χ1n) is 10.00. The zero-order valence-corrected chi connectivity index (χ0v) is 17.8. The summed E-state index contributed by atoms with van der Waals surface area (Å²) in [6, 6.07) is 27.6. The van der Waals surface area contributed by atoms with Gasteiger partial charge < -0.3 is 5.11 Å². The van der Waals surface area contributed by atoms with Crippen LogP contribution in [0.4, 0.5) is 0 Å². The van der Waals surface area contributed by atoms with E-state index >= 15 is 0 Å². The molecular formula is C25H24BrNO2. The van der Waals surface area contributed by atoms with Gasteiger partial charge in [-0.3, -0.25) is 9.69 Å². The summed E-state index contributed by atoms with van der Waals surface area (Å²) < 4.78 is 1.08. The Morgan fingerprint density at radius 3 is 2.07 bits per heavy atom. The van der Waals surface area contributed by atoms with Gasteiger partial charge in [0, 0.05) is 4.47 Å². The molecule has 3 aromatic carbocycles. The van der Waals surface area contributed by atoms with Crippen LogP contribution in [-0.4, -0.2) is 29.1 Å². The number of likely N-dealkylation sites (tertiary alicyclic amines) is 1. The average molecular weight is 450 g/mol. The van der Waals surface area contributed by atoms with Crippen LogP contribution >= 0.6 is 15.9 Å². The lowest BCUT2D eigenvalue weighted by Gasteiger charge is -2.37. The Labute approximate surface area is 180 Å². The van der Waals surface area contributed by atoms with Crippen LogP contribution in [0.2, 0.25) is 0 Å². The number of hydrogen-bond donors (Lipinski definition) is 1. The van der Waals surface area contributed by atoms with Crippen LogP contribution < -0.4 is 0 Å². The number of nitrogens with zero attached hydrogens (tertiary/aromatic N) is 1. The van der Waals surface area contributed by atoms with Gasteiger partial charge in [0.1, 0.15) is 0 Å². The highest BCUT2D eigenvalue weighted by Crippen LogP contribution is 2.36. The minimum atomic E-state index is -0.672. The van der Waals surface area contributed by atoms with E-state index in [9.17, 15) is 9.90 Å².